The first kappa shape index (κ1) is 11.7. The minimum absolute atomic E-state index is 0.0124. The van der Waals surface area contributed by atoms with Crippen LogP contribution >= 0.6 is 0 Å². The van der Waals surface area contributed by atoms with E-state index in [-0.39, 0.29) is 21.3 Å². The number of hydrogen-bond acceptors (Lipinski definition) is 2. The lowest BCUT2D eigenvalue weighted by Gasteiger charge is -2.06. The van der Waals surface area contributed by atoms with Gasteiger partial charge in [0, 0.05) is 6.08 Å². The summed E-state index contributed by atoms with van der Waals surface area (Å²) in [4.78, 5) is 10.6. The summed E-state index contributed by atoms with van der Waals surface area (Å²) >= 11 is 0.0124. The molecule has 0 aliphatic carbocycles. The van der Waals surface area contributed by atoms with E-state index in [2.05, 4.69) is 13.8 Å². The van der Waals surface area contributed by atoms with Gasteiger partial charge in [-0.05, 0) is 13.8 Å². The monoisotopic (exact) mass is 183 g/mol. The van der Waals surface area contributed by atoms with Gasteiger partial charge in [0.15, 0.2) is 5.78 Å². The second kappa shape index (κ2) is 6.28. The smallest absolute Gasteiger partial charge is 0.523 e. The zero-order valence-corrected chi connectivity index (χ0v) is 9.41. The topological polar surface area (TPSA) is 26.3 Å². The molecule has 0 bridgehead atoms. The van der Waals surface area contributed by atoms with Crippen LogP contribution in [-0.2, 0) is 8.58 Å². The number of hydrogen-bond donors (Lipinski definition) is 0. The van der Waals surface area contributed by atoms with Gasteiger partial charge in [0.05, 0.1) is 5.76 Å². The van der Waals surface area contributed by atoms with Crippen molar-refractivity contribution in [3.8, 4) is 0 Å². The Morgan fingerprint density at radius 1 is 1.50 bits per heavy atom. The third-order valence-electron chi connectivity index (χ3n) is 1.24. The van der Waals surface area contributed by atoms with Gasteiger partial charge in [0.1, 0.15) is 0 Å². The van der Waals surface area contributed by atoms with E-state index < -0.39 is 0 Å². The van der Waals surface area contributed by atoms with E-state index in [4.69, 9.17) is 3.79 Å². The van der Waals surface area contributed by atoms with Gasteiger partial charge < -0.3 is 3.79 Å². The minimum Gasteiger partial charge on any atom is -0.651 e. The van der Waals surface area contributed by atoms with Crippen LogP contribution in [0, 0.1) is 5.92 Å². The highest BCUT2D eigenvalue weighted by Gasteiger charge is 2.01. The van der Waals surface area contributed by atoms with Crippen molar-refractivity contribution in [2.45, 2.75) is 33.0 Å². The first-order valence-electron chi connectivity index (χ1n) is 4.19. The average Bonchev–Trinajstić information content (AvgIpc) is 1.84. The Morgan fingerprint density at radius 2 is 2.08 bits per heavy atom. The summed E-state index contributed by atoms with van der Waals surface area (Å²) in [6.45, 7) is 7.69. The van der Waals surface area contributed by atoms with Gasteiger partial charge in [-0.2, -0.15) is 0 Å². The molecule has 0 N–H and O–H groups in total. The Balaban J connectivity index is 3.57. The lowest BCUT2D eigenvalue weighted by molar-refractivity contribution is -0.112. The summed E-state index contributed by atoms with van der Waals surface area (Å²) in [5.41, 5.74) is 0. The molecule has 0 atom stereocenters. The summed E-state index contributed by atoms with van der Waals surface area (Å²) in [5.74, 6) is 1.49. The molecule has 0 saturated heterocycles. The predicted octanol–water partition coefficient (Wildman–Crippen LogP) is 2.19. The third-order valence-corrected chi connectivity index (χ3v) is 2.92. The van der Waals surface area contributed by atoms with Gasteiger partial charge in [-0.25, -0.2) is 0 Å². The average molecular weight is 183 g/mol. The quantitative estimate of drug-likeness (QED) is 0.371. The van der Waals surface area contributed by atoms with E-state index in [1.54, 1.807) is 0 Å². The fourth-order valence-electron chi connectivity index (χ4n) is 0.692. The highest BCUT2D eigenvalue weighted by Crippen LogP contribution is 2.02. The molecule has 0 aromatic rings. The molecule has 0 aromatic heterocycles. The van der Waals surface area contributed by atoms with Gasteiger partial charge in [-0.3, -0.25) is 4.79 Å². The number of ketones is 1. The van der Waals surface area contributed by atoms with Gasteiger partial charge in [0.25, 0.3) is 0 Å². The predicted molar refractivity (Wildman–Crippen MR) is 50.9 cm³/mol. The van der Waals surface area contributed by atoms with Crippen LogP contribution in [0.1, 0.15) is 27.7 Å². The van der Waals surface area contributed by atoms with Crippen molar-refractivity contribution in [1.29, 1.82) is 0 Å². The molecule has 3 heteroatoms. The Morgan fingerprint density at radius 3 is 2.50 bits per heavy atom. The lowest BCUT2D eigenvalue weighted by atomic mass is 10.3. The Labute approximate surface area is 81.0 Å². The van der Waals surface area contributed by atoms with Crippen LogP contribution in [0.25, 0.3) is 0 Å². The minimum atomic E-state index is 0.0124. The summed E-state index contributed by atoms with van der Waals surface area (Å²) in [6.07, 6.45) is 1.54. The maximum absolute atomic E-state index is 10.6. The SMILES string of the molecule is CC(=O)/C=C(\C)[O][Al][CH2]C(C)C. The number of carbonyl (C=O) groups is 1. The Kier molecular flexibility index (Phi) is 6.14. The van der Waals surface area contributed by atoms with E-state index in [1.165, 1.54) is 13.0 Å². The van der Waals surface area contributed by atoms with Crippen LogP contribution in [-0.4, -0.2) is 21.3 Å². The van der Waals surface area contributed by atoms with Crippen LogP contribution in [0.4, 0.5) is 0 Å². The van der Waals surface area contributed by atoms with Crippen LogP contribution < -0.4 is 0 Å². The molecule has 0 aromatic carbocycles. The van der Waals surface area contributed by atoms with E-state index in [1.807, 2.05) is 6.92 Å². The molecule has 1 radical (unpaired) electrons. The summed E-state index contributed by atoms with van der Waals surface area (Å²) in [7, 11) is 0. The molecular weight excluding hydrogens is 167 g/mol. The second-order valence-corrected chi connectivity index (χ2v) is 4.32. The highest BCUT2D eigenvalue weighted by atomic mass is 27.1. The fourth-order valence-corrected chi connectivity index (χ4v) is 1.50. The van der Waals surface area contributed by atoms with E-state index in [0.717, 1.165) is 11.0 Å². The van der Waals surface area contributed by atoms with Gasteiger partial charge >= 0.3 is 15.6 Å². The van der Waals surface area contributed by atoms with Crippen molar-refractivity contribution in [1.82, 2.24) is 0 Å². The lowest BCUT2D eigenvalue weighted by Crippen LogP contribution is -2.01. The molecule has 2 nitrogen and oxygen atoms in total. The van der Waals surface area contributed by atoms with Crippen molar-refractivity contribution < 1.29 is 8.58 Å². The molecular formula is C9H16AlO2. The van der Waals surface area contributed by atoms with Crippen molar-refractivity contribution in [2.24, 2.45) is 5.92 Å². The largest absolute Gasteiger partial charge is 0.651 e. The van der Waals surface area contributed by atoms with Gasteiger partial charge in [0.2, 0.25) is 0 Å². The Bertz CT molecular complexity index is 173. The molecule has 0 heterocycles. The summed E-state index contributed by atoms with van der Waals surface area (Å²) in [5, 5.41) is 1.11. The molecule has 67 valence electrons. The van der Waals surface area contributed by atoms with E-state index in [9.17, 15) is 4.79 Å². The highest BCUT2D eigenvalue weighted by molar-refractivity contribution is 6.27. The first-order valence-corrected chi connectivity index (χ1v) is 5.48. The molecule has 0 aliphatic rings. The number of carbonyl (C=O) groups excluding carboxylic acids is 1. The van der Waals surface area contributed by atoms with Gasteiger partial charge in [-0.15, -0.1) is 0 Å². The maximum atomic E-state index is 10.6. The molecule has 0 fully saturated rings. The van der Waals surface area contributed by atoms with Crippen LogP contribution in [0.15, 0.2) is 11.8 Å². The molecule has 0 rings (SSSR count). The molecule has 0 spiro atoms. The second-order valence-electron chi connectivity index (χ2n) is 3.28. The zero-order valence-electron chi connectivity index (χ0n) is 8.26. The van der Waals surface area contributed by atoms with Crippen molar-refractivity contribution in [3.05, 3.63) is 11.8 Å². The van der Waals surface area contributed by atoms with Crippen molar-refractivity contribution in [3.63, 3.8) is 0 Å². The van der Waals surface area contributed by atoms with Crippen molar-refractivity contribution >= 4 is 21.3 Å². The zero-order chi connectivity index (χ0) is 9.56. The van der Waals surface area contributed by atoms with E-state index in [0.29, 0.717) is 5.92 Å². The molecule has 0 saturated carbocycles. The number of rotatable bonds is 5. The third kappa shape index (κ3) is 7.85. The van der Waals surface area contributed by atoms with Gasteiger partial charge in [-0.1, -0.05) is 25.0 Å². The van der Waals surface area contributed by atoms with Crippen LogP contribution in [0.5, 0.6) is 0 Å². The van der Waals surface area contributed by atoms with Crippen LogP contribution in [0.2, 0.25) is 5.28 Å². The van der Waals surface area contributed by atoms with Crippen LogP contribution in [0.3, 0.4) is 0 Å². The molecule has 0 amide bonds. The summed E-state index contributed by atoms with van der Waals surface area (Å²) in [6, 6.07) is 0. The maximum Gasteiger partial charge on any atom is 0.523 e. The molecule has 0 unspecified atom stereocenters. The van der Waals surface area contributed by atoms with E-state index >= 15 is 0 Å². The summed E-state index contributed by atoms with van der Waals surface area (Å²) < 4.78 is 5.39. The van der Waals surface area contributed by atoms with Crippen molar-refractivity contribution in [2.75, 3.05) is 0 Å². The Hall–Kier alpha value is -0.258. The first-order chi connectivity index (χ1) is 5.52. The normalized spacial score (nSPS) is 11.6. The number of allylic oxidation sites excluding steroid dienone is 2. The fraction of sp³-hybridized carbons (Fsp3) is 0.667. The standard InChI is InChI=1S/C5H8O2.C4H9.Al/c1-4(6)3-5(2)7;1-4(2)3;/h3,6H,1-2H3;4H,1H2,2-3H3;/q;;+1/p-1/b4-3+;;. The molecule has 0 aliphatic heterocycles. The molecule has 12 heavy (non-hydrogen) atoms.